The van der Waals surface area contributed by atoms with E-state index >= 15 is 0 Å². The van der Waals surface area contributed by atoms with E-state index in [4.69, 9.17) is 0 Å². The Hall–Kier alpha value is -1.66. The van der Waals surface area contributed by atoms with Crippen molar-refractivity contribution in [3.05, 3.63) is 59.7 Å². The van der Waals surface area contributed by atoms with E-state index in [0.29, 0.717) is 24.0 Å². The van der Waals surface area contributed by atoms with Crippen LogP contribution >= 0.6 is 31.9 Å². The molecule has 2 aromatic carbocycles. The van der Waals surface area contributed by atoms with E-state index in [9.17, 15) is 19.8 Å². The number of benzene rings is 2. The summed E-state index contributed by atoms with van der Waals surface area (Å²) in [7, 11) is 0. The van der Waals surface area contributed by atoms with Crippen molar-refractivity contribution in [1.29, 1.82) is 0 Å². The minimum Gasteiger partial charge on any atom is -0.508 e. The molecule has 2 aromatic rings. The highest BCUT2D eigenvalue weighted by atomic mass is 79.9. The molecule has 4 nitrogen and oxygen atoms in total. The summed E-state index contributed by atoms with van der Waals surface area (Å²) in [4.78, 5) is 23.8. The maximum Gasteiger partial charge on any atom is 0.176 e. The number of rotatable bonds is 7. The van der Waals surface area contributed by atoms with Crippen molar-refractivity contribution < 1.29 is 19.8 Å². The van der Waals surface area contributed by atoms with E-state index in [1.54, 1.807) is 24.3 Å². The fourth-order valence-corrected chi connectivity index (χ4v) is 3.23. The van der Waals surface area contributed by atoms with E-state index in [2.05, 4.69) is 31.9 Å². The van der Waals surface area contributed by atoms with Gasteiger partial charge in [-0.05, 0) is 61.4 Å². The van der Waals surface area contributed by atoms with Crippen LogP contribution in [-0.2, 0) is 0 Å². The zero-order chi connectivity index (χ0) is 17.7. The van der Waals surface area contributed by atoms with Crippen molar-refractivity contribution in [2.75, 3.05) is 0 Å². The minimum absolute atomic E-state index is 0.0909. The lowest BCUT2D eigenvalue weighted by Crippen LogP contribution is -2.19. The van der Waals surface area contributed by atoms with Gasteiger partial charge in [-0.1, -0.05) is 31.9 Å². The van der Waals surface area contributed by atoms with Crippen molar-refractivity contribution >= 4 is 43.4 Å². The third kappa shape index (κ3) is 4.92. The van der Waals surface area contributed by atoms with Crippen molar-refractivity contribution in [2.45, 2.75) is 22.5 Å². The number of hydrogen-bond acceptors (Lipinski definition) is 4. The van der Waals surface area contributed by atoms with Gasteiger partial charge in [-0.15, -0.1) is 0 Å². The van der Waals surface area contributed by atoms with Gasteiger partial charge in [0.15, 0.2) is 11.6 Å². The molecule has 0 saturated carbocycles. The topological polar surface area (TPSA) is 74.6 Å². The highest BCUT2D eigenvalue weighted by molar-refractivity contribution is 9.10. The molecule has 2 atom stereocenters. The third-order valence-corrected chi connectivity index (χ3v) is 5.29. The normalized spacial score (nSPS) is 13.2. The van der Waals surface area contributed by atoms with Gasteiger partial charge >= 0.3 is 0 Å². The Balaban J connectivity index is 1.91. The van der Waals surface area contributed by atoms with E-state index < -0.39 is 9.65 Å². The molecule has 0 amide bonds. The molecule has 6 heteroatoms. The van der Waals surface area contributed by atoms with Gasteiger partial charge in [0.05, 0.1) is 9.65 Å². The zero-order valence-corrected chi connectivity index (χ0v) is 15.8. The second-order valence-electron chi connectivity index (χ2n) is 5.33. The molecule has 0 heterocycles. The largest absolute Gasteiger partial charge is 0.508 e. The molecule has 2 rings (SSSR count). The molecule has 0 saturated heterocycles. The number of phenolic OH excluding ortho intramolecular Hbond substituents is 2. The molecule has 0 aliphatic rings. The Bertz CT molecular complexity index is 647. The van der Waals surface area contributed by atoms with Gasteiger partial charge in [0.25, 0.3) is 0 Å². The first kappa shape index (κ1) is 18.7. The predicted molar refractivity (Wildman–Crippen MR) is 99.5 cm³/mol. The number of phenols is 2. The van der Waals surface area contributed by atoms with Crippen LogP contribution in [-0.4, -0.2) is 31.4 Å². The summed E-state index contributed by atoms with van der Waals surface area (Å²) in [6.45, 7) is 0. The second-order valence-corrected chi connectivity index (χ2v) is 7.55. The van der Waals surface area contributed by atoms with Gasteiger partial charge in [0, 0.05) is 11.1 Å². The first-order valence-corrected chi connectivity index (χ1v) is 9.16. The fourth-order valence-electron chi connectivity index (χ4n) is 2.17. The zero-order valence-electron chi connectivity index (χ0n) is 12.7. The van der Waals surface area contributed by atoms with Crippen LogP contribution in [0.15, 0.2) is 48.5 Å². The Labute approximate surface area is 156 Å². The fraction of sp³-hybridized carbons (Fsp3) is 0.222. The molecule has 0 aromatic heterocycles. The smallest absolute Gasteiger partial charge is 0.176 e. The molecule has 0 spiro atoms. The summed E-state index contributed by atoms with van der Waals surface area (Å²) in [6, 6.07) is 12.1. The number of Topliss-reactive ketones (excluding diaryl/α,β-unsaturated/α-hetero) is 2. The van der Waals surface area contributed by atoms with Crippen molar-refractivity contribution in [3.63, 3.8) is 0 Å². The van der Waals surface area contributed by atoms with Crippen molar-refractivity contribution in [2.24, 2.45) is 0 Å². The number of hydrogen-bond donors (Lipinski definition) is 2. The van der Waals surface area contributed by atoms with Gasteiger partial charge in [0.1, 0.15) is 11.5 Å². The molecule has 2 N–H and O–H groups in total. The van der Waals surface area contributed by atoms with E-state index in [1.165, 1.54) is 24.3 Å². The summed E-state index contributed by atoms with van der Waals surface area (Å²) in [5.74, 6) is 0.0361. The molecule has 2 unspecified atom stereocenters. The van der Waals surface area contributed by atoms with Crippen LogP contribution in [0.2, 0.25) is 0 Å². The molecular formula is C18H16Br2O4. The molecule has 126 valence electrons. The summed E-state index contributed by atoms with van der Waals surface area (Å²) in [5, 5.41) is 18.5. The molecule has 0 radical (unpaired) electrons. The van der Waals surface area contributed by atoms with Crippen LogP contribution in [0.25, 0.3) is 0 Å². The van der Waals surface area contributed by atoms with Crippen molar-refractivity contribution in [1.82, 2.24) is 0 Å². The van der Waals surface area contributed by atoms with E-state index in [1.807, 2.05) is 0 Å². The minimum atomic E-state index is -0.408. The Morgan fingerprint density at radius 2 is 1.00 bits per heavy atom. The lowest BCUT2D eigenvalue weighted by atomic mass is 10.0. The Kier molecular flexibility index (Phi) is 6.57. The number of alkyl halides is 2. The molecule has 0 fully saturated rings. The summed E-state index contributed by atoms with van der Waals surface area (Å²) >= 11 is 6.73. The number of halogens is 2. The second kappa shape index (κ2) is 8.44. The van der Waals surface area contributed by atoms with Gasteiger partial charge < -0.3 is 10.2 Å². The predicted octanol–water partition coefficient (Wildman–Crippen LogP) is 4.47. The van der Waals surface area contributed by atoms with Crippen molar-refractivity contribution in [3.8, 4) is 11.5 Å². The van der Waals surface area contributed by atoms with Crippen LogP contribution in [0.3, 0.4) is 0 Å². The van der Waals surface area contributed by atoms with Gasteiger partial charge in [-0.2, -0.15) is 0 Å². The van der Waals surface area contributed by atoms with E-state index in [0.717, 1.165) is 0 Å². The van der Waals surface area contributed by atoms with Gasteiger partial charge in [-0.3, -0.25) is 9.59 Å². The number of carbonyl (C=O) groups excluding carboxylic acids is 2. The Morgan fingerprint density at radius 3 is 1.29 bits per heavy atom. The summed E-state index contributed by atoms with van der Waals surface area (Å²) < 4.78 is 0. The van der Waals surface area contributed by atoms with E-state index in [-0.39, 0.29) is 23.1 Å². The number of ketones is 2. The van der Waals surface area contributed by atoms with Gasteiger partial charge in [-0.25, -0.2) is 0 Å². The quantitative estimate of drug-likeness (QED) is 0.477. The summed E-state index contributed by atoms with van der Waals surface area (Å²) in [5.41, 5.74) is 1.01. The van der Waals surface area contributed by atoms with Crippen LogP contribution in [0.4, 0.5) is 0 Å². The number of carbonyl (C=O) groups is 2. The summed E-state index contributed by atoms with van der Waals surface area (Å²) in [6.07, 6.45) is 0.971. The maximum atomic E-state index is 12.3. The first-order chi connectivity index (χ1) is 11.4. The standard InChI is InChI=1S/C18H16Br2O4/c19-15(17(23)11-1-5-13(21)6-2-11)9-10-16(20)18(24)12-3-7-14(22)8-4-12/h1-8,15-16,21-22H,9-10H2. The molecular weight excluding hydrogens is 440 g/mol. The SMILES string of the molecule is O=C(c1ccc(O)cc1)C(Br)CCC(Br)C(=O)c1ccc(O)cc1. The Morgan fingerprint density at radius 1 is 0.708 bits per heavy atom. The van der Waals surface area contributed by atoms with Crippen LogP contribution < -0.4 is 0 Å². The van der Waals surface area contributed by atoms with Gasteiger partial charge in [0.2, 0.25) is 0 Å². The average Bonchev–Trinajstić information content (AvgIpc) is 2.59. The highest BCUT2D eigenvalue weighted by Crippen LogP contribution is 2.23. The lowest BCUT2D eigenvalue weighted by Gasteiger charge is -2.12. The molecule has 0 aliphatic carbocycles. The lowest BCUT2D eigenvalue weighted by molar-refractivity contribution is 0.0965. The third-order valence-electron chi connectivity index (χ3n) is 3.55. The highest BCUT2D eigenvalue weighted by Gasteiger charge is 2.22. The molecule has 0 aliphatic heterocycles. The molecule has 0 bridgehead atoms. The number of aromatic hydroxyl groups is 2. The van der Waals surface area contributed by atoms with Crippen LogP contribution in [0.5, 0.6) is 11.5 Å². The maximum absolute atomic E-state index is 12.3. The van der Waals surface area contributed by atoms with Crippen LogP contribution in [0.1, 0.15) is 33.6 Å². The monoisotopic (exact) mass is 454 g/mol. The molecule has 24 heavy (non-hydrogen) atoms. The first-order valence-electron chi connectivity index (χ1n) is 7.33. The average molecular weight is 456 g/mol. The van der Waals surface area contributed by atoms with Crippen LogP contribution in [0, 0.1) is 0 Å².